The van der Waals surface area contributed by atoms with Gasteiger partial charge >= 0.3 is 12.0 Å². The predicted octanol–water partition coefficient (Wildman–Crippen LogP) is 2.22. The molecule has 0 aromatic rings. The number of carbonyl (C=O) groups is 2. The van der Waals surface area contributed by atoms with Crippen LogP contribution in [-0.2, 0) is 4.79 Å². The van der Waals surface area contributed by atoms with Crippen molar-refractivity contribution in [1.82, 2.24) is 10.6 Å². The number of amides is 2. The Balaban J connectivity index is 2.28. The third-order valence-corrected chi connectivity index (χ3v) is 4.19. The zero-order chi connectivity index (χ0) is 14.5. The highest BCUT2D eigenvalue weighted by atomic mass is 16.4. The number of carboxylic acid groups (broad SMARTS) is 1. The fourth-order valence-corrected chi connectivity index (χ4v) is 2.34. The molecule has 5 heteroatoms. The van der Waals surface area contributed by atoms with E-state index in [4.69, 9.17) is 5.11 Å². The Morgan fingerprint density at radius 3 is 2.53 bits per heavy atom. The molecule has 2 atom stereocenters. The van der Waals surface area contributed by atoms with Gasteiger partial charge in [0.05, 0.1) is 5.92 Å². The van der Waals surface area contributed by atoms with Crippen molar-refractivity contribution in [3.8, 4) is 0 Å². The van der Waals surface area contributed by atoms with Gasteiger partial charge in [0, 0.05) is 13.1 Å². The first-order valence-electron chi connectivity index (χ1n) is 7.10. The third-order valence-electron chi connectivity index (χ3n) is 4.19. The van der Waals surface area contributed by atoms with E-state index in [9.17, 15) is 9.59 Å². The molecule has 0 saturated heterocycles. The second-order valence-corrected chi connectivity index (χ2v) is 6.22. The van der Waals surface area contributed by atoms with Crippen LogP contribution in [0.3, 0.4) is 0 Å². The largest absolute Gasteiger partial charge is 0.481 e. The molecule has 5 nitrogen and oxygen atoms in total. The summed E-state index contributed by atoms with van der Waals surface area (Å²) in [6, 6.07) is -0.197. The van der Waals surface area contributed by atoms with Crippen LogP contribution >= 0.6 is 0 Å². The van der Waals surface area contributed by atoms with Crippen molar-refractivity contribution < 1.29 is 14.7 Å². The molecule has 0 heterocycles. The Hall–Kier alpha value is -1.26. The van der Waals surface area contributed by atoms with Gasteiger partial charge in [0.15, 0.2) is 0 Å². The van der Waals surface area contributed by atoms with Crippen LogP contribution in [0.1, 0.15) is 46.5 Å². The van der Waals surface area contributed by atoms with E-state index in [1.807, 2.05) is 0 Å². The second kappa shape index (κ2) is 6.78. The number of urea groups is 1. The minimum atomic E-state index is -0.739. The molecule has 2 unspecified atom stereocenters. The summed E-state index contributed by atoms with van der Waals surface area (Å²) < 4.78 is 0. The van der Waals surface area contributed by atoms with Gasteiger partial charge < -0.3 is 15.7 Å². The minimum absolute atomic E-state index is 0.0717. The van der Waals surface area contributed by atoms with Crippen molar-refractivity contribution in [2.24, 2.45) is 17.3 Å². The lowest BCUT2D eigenvalue weighted by Crippen LogP contribution is -2.43. The second-order valence-electron chi connectivity index (χ2n) is 6.22. The zero-order valence-corrected chi connectivity index (χ0v) is 12.2. The lowest BCUT2D eigenvalue weighted by molar-refractivity contribution is -0.142. The summed E-state index contributed by atoms with van der Waals surface area (Å²) in [5.74, 6) is -0.966. The predicted molar refractivity (Wildman–Crippen MR) is 73.9 cm³/mol. The summed E-state index contributed by atoms with van der Waals surface area (Å²) in [6.07, 6.45) is 3.55. The SMILES string of the molecule is CCC(C)(C)CNC(=O)NCC1CCCC1C(=O)O. The Kier molecular flexibility index (Phi) is 5.63. The lowest BCUT2D eigenvalue weighted by atomic mass is 9.90. The zero-order valence-electron chi connectivity index (χ0n) is 12.2. The summed E-state index contributed by atoms with van der Waals surface area (Å²) in [6.45, 7) is 7.38. The number of rotatable bonds is 6. The standard InChI is InChI=1S/C14H26N2O3/c1-4-14(2,3)9-16-13(19)15-8-10-6-5-7-11(10)12(17)18/h10-11H,4-9H2,1-3H3,(H,17,18)(H2,15,16,19). The van der Waals surface area contributed by atoms with Gasteiger partial charge in [-0.3, -0.25) is 4.79 Å². The van der Waals surface area contributed by atoms with E-state index in [1.165, 1.54) is 0 Å². The Bertz CT molecular complexity index is 329. The number of carboxylic acids is 1. The van der Waals surface area contributed by atoms with Crippen molar-refractivity contribution in [2.45, 2.75) is 46.5 Å². The van der Waals surface area contributed by atoms with E-state index >= 15 is 0 Å². The van der Waals surface area contributed by atoms with Crippen molar-refractivity contribution in [2.75, 3.05) is 13.1 Å². The maximum Gasteiger partial charge on any atom is 0.314 e. The molecule has 0 aliphatic heterocycles. The van der Waals surface area contributed by atoms with E-state index in [2.05, 4.69) is 31.4 Å². The molecular formula is C14H26N2O3. The van der Waals surface area contributed by atoms with Gasteiger partial charge in [-0.05, 0) is 30.6 Å². The molecule has 1 aliphatic rings. The van der Waals surface area contributed by atoms with Gasteiger partial charge in [0.1, 0.15) is 0 Å². The molecule has 1 aliphatic carbocycles. The summed E-state index contributed by atoms with van der Waals surface area (Å²) in [5.41, 5.74) is 0.0916. The number of aliphatic carboxylic acids is 1. The monoisotopic (exact) mass is 270 g/mol. The van der Waals surface area contributed by atoms with Gasteiger partial charge in [0.25, 0.3) is 0 Å². The summed E-state index contributed by atoms with van der Waals surface area (Å²) in [4.78, 5) is 22.7. The van der Waals surface area contributed by atoms with Gasteiger partial charge in [-0.1, -0.05) is 27.2 Å². The molecule has 19 heavy (non-hydrogen) atoms. The van der Waals surface area contributed by atoms with E-state index in [1.54, 1.807) is 0 Å². The molecule has 0 aromatic heterocycles. The van der Waals surface area contributed by atoms with Crippen LogP contribution in [0.2, 0.25) is 0 Å². The molecular weight excluding hydrogens is 244 g/mol. The normalized spacial score (nSPS) is 23.1. The van der Waals surface area contributed by atoms with Crippen molar-refractivity contribution >= 4 is 12.0 Å². The molecule has 1 fully saturated rings. The van der Waals surface area contributed by atoms with E-state index in [0.29, 0.717) is 13.1 Å². The number of hydrogen-bond acceptors (Lipinski definition) is 2. The van der Waals surface area contributed by atoms with Crippen LogP contribution in [0, 0.1) is 17.3 Å². The first-order chi connectivity index (χ1) is 8.85. The average Bonchev–Trinajstić information content (AvgIpc) is 2.82. The molecule has 2 amide bonds. The first kappa shape index (κ1) is 15.8. The van der Waals surface area contributed by atoms with Crippen molar-refractivity contribution in [1.29, 1.82) is 0 Å². The van der Waals surface area contributed by atoms with Crippen molar-refractivity contribution in [3.63, 3.8) is 0 Å². The van der Waals surface area contributed by atoms with E-state index < -0.39 is 5.97 Å². The molecule has 0 spiro atoms. The average molecular weight is 270 g/mol. The maximum absolute atomic E-state index is 11.7. The fraction of sp³-hybridized carbons (Fsp3) is 0.857. The summed E-state index contributed by atoms with van der Waals surface area (Å²) >= 11 is 0. The molecule has 0 bridgehead atoms. The quantitative estimate of drug-likeness (QED) is 0.692. The molecule has 0 aromatic carbocycles. The lowest BCUT2D eigenvalue weighted by Gasteiger charge is -2.23. The van der Waals surface area contributed by atoms with Gasteiger partial charge in [-0.15, -0.1) is 0 Å². The van der Waals surface area contributed by atoms with Crippen LogP contribution in [0.4, 0.5) is 4.79 Å². The summed E-state index contributed by atoms with van der Waals surface area (Å²) in [7, 11) is 0. The van der Waals surface area contributed by atoms with Gasteiger partial charge in [0.2, 0.25) is 0 Å². The topological polar surface area (TPSA) is 78.4 Å². The Morgan fingerprint density at radius 2 is 1.95 bits per heavy atom. The first-order valence-corrected chi connectivity index (χ1v) is 7.10. The molecule has 110 valence electrons. The van der Waals surface area contributed by atoms with Crippen LogP contribution in [0.25, 0.3) is 0 Å². The maximum atomic E-state index is 11.7. The van der Waals surface area contributed by atoms with Gasteiger partial charge in [-0.25, -0.2) is 4.79 Å². The Morgan fingerprint density at radius 1 is 1.26 bits per heavy atom. The summed E-state index contributed by atoms with van der Waals surface area (Å²) in [5, 5.41) is 14.7. The highest BCUT2D eigenvalue weighted by Crippen LogP contribution is 2.31. The van der Waals surface area contributed by atoms with E-state index in [0.717, 1.165) is 25.7 Å². The third kappa shape index (κ3) is 5.09. The van der Waals surface area contributed by atoms with Crippen LogP contribution < -0.4 is 10.6 Å². The highest BCUT2D eigenvalue weighted by Gasteiger charge is 2.32. The number of nitrogens with one attached hydrogen (secondary N) is 2. The minimum Gasteiger partial charge on any atom is -0.481 e. The molecule has 3 N–H and O–H groups in total. The Labute approximate surface area is 115 Å². The van der Waals surface area contributed by atoms with E-state index in [-0.39, 0.29) is 23.3 Å². The fourth-order valence-electron chi connectivity index (χ4n) is 2.34. The smallest absolute Gasteiger partial charge is 0.314 e. The van der Waals surface area contributed by atoms with Crippen LogP contribution in [-0.4, -0.2) is 30.2 Å². The molecule has 0 radical (unpaired) electrons. The molecule has 1 saturated carbocycles. The number of hydrogen-bond donors (Lipinski definition) is 3. The van der Waals surface area contributed by atoms with Crippen molar-refractivity contribution in [3.05, 3.63) is 0 Å². The highest BCUT2D eigenvalue weighted by molar-refractivity contribution is 5.74. The molecule has 1 rings (SSSR count). The van der Waals surface area contributed by atoms with Gasteiger partial charge in [-0.2, -0.15) is 0 Å². The van der Waals surface area contributed by atoms with Crippen LogP contribution in [0.15, 0.2) is 0 Å². The van der Waals surface area contributed by atoms with Crippen LogP contribution in [0.5, 0.6) is 0 Å². The number of carbonyl (C=O) groups excluding carboxylic acids is 1.